The zero-order valence-electron chi connectivity index (χ0n) is 16.5. The minimum Gasteiger partial charge on any atom is -0.368 e. The van der Waals surface area contributed by atoms with Gasteiger partial charge in [-0.05, 0) is 38.4 Å². The molecule has 1 fully saturated rings. The number of para-hydroxylation sites is 1. The maximum Gasteiger partial charge on any atom is 0.253 e. The first-order valence-corrected chi connectivity index (χ1v) is 9.48. The Kier molecular flexibility index (Phi) is 6.60. The van der Waals surface area contributed by atoms with Crippen molar-refractivity contribution in [3.05, 3.63) is 59.9 Å². The fourth-order valence-electron chi connectivity index (χ4n) is 3.20. The van der Waals surface area contributed by atoms with E-state index < -0.39 is 0 Å². The van der Waals surface area contributed by atoms with Gasteiger partial charge in [-0.2, -0.15) is 0 Å². The molecule has 28 heavy (non-hydrogen) atoms. The lowest BCUT2D eigenvalue weighted by atomic mass is 10.2. The summed E-state index contributed by atoms with van der Waals surface area (Å²) in [5.41, 5.74) is 2.53. The van der Waals surface area contributed by atoms with E-state index in [9.17, 15) is 9.59 Å². The molecule has 148 valence electrons. The van der Waals surface area contributed by atoms with E-state index in [4.69, 9.17) is 0 Å². The van der Waals surface area contributed by atoms with Crippen LogP contribution in [0.25, 0.3) is 0 Å². The summed E-state index contributed by atoms with van der Waals surface area (Å²) in [5.74, 6) is -0.335. The van der Waals surface area contributed by atoms with Crippen molar-refractivity contribution in [2.75, 3.05) is 51.7 Å². The predicted octanol–water partition coefficient (Wildman–Crippen LogP) is 1.22. The number of hydrogen-bond donors (Lipinski definition) is 1. The van der Waals surface area contributed by atoms with E-state index in [1.165, 1.54) is 5.69 Å². The van der Waals surface area contributed by atoms with Crippen LogP contribution in [0.1, 0.15) is 16.1 Å². The highest BCUT2D eigenvalue weighted by molar-refractivity contribution is 5.96. The number of carbonyl (C=O) groups excluding carboxylic acids is 2. The monoisotopic (exact) mass is 381 g/mol. The number of benzene rings is 1. The summed E-state index contributed by atoms with van der Waals surface area (Å²) in [4.78, 5) is 35.1. The lowest BCUT2D eigenvalue weighted by Gasteiger charge is -2.36. The quantitative estimate of drug-likeness (QED) is 0.815. The fourth-order valence-corrected chi connectivity index (χ4v) is 3.20. The number of nitrogens with zero attached hydrogens (tertiary/aromatic N) is 4. The molecule has 0 aliphatic carbocycles. The van der Waals surface area contributed by atoms with E-state index in [0.717, 1.165) is 25.3 Å². The molecule has 1 N–H and O–H groups in total. The molecule has 1 saturated heterocycles. The van der Waals surface area contributed by atoms with Crippen molar-refractivity contribution in [2.45, 2.75) is 6.54 Å². The third-order valence-corrected chi connectivity index (χ3v) is 4.72. The smallest absolute Gasteiger partial charge is 0.253 e. The summed E-state index contributed by atoms with van der Waals surface area (Å²) in [7, 11) is 3.93. The second-order valence-corrected chi connectivity index (χ2v) is 7.16. The van der Waals surface area contributed by atoms with Crippen molar-refractivity contribution in [1.82, 2.24) is 20.1 Å². The van der Waals surface area contributed by atoms with Crippen LogP contribution in [-0.4, -0.2) is 73.4 Å². The van der Waals surface area contributed by atoms with Crippen LogP contribution in [0, 0.1) is 0 Å². The molecule has 1 aliphatic heterocycles. The average Bonchev–Trinajstić information content (AvgIpc) is 2.72. The Labute approximate surface area is 166 Å². The molecule has 1 aromatic carbocycles. The number of anilines is 1. The number of aromatic nitrogens is 1. The Morgan fingerprint density at radius 3 is 2.36 bits per heavy atom. The van der Waals surface area contributed by atoms with Crippen LogP contribution >= 0.6 is 0 Å². The lowest BCUT2D eigenvalue weighted by molar-refractivity contribution is -0.130. The summed E-state index contributed by atoms with van der Waals surface area (Å²) >= 11 is 0. The summed E-state index contributed by atoms with van der Waals surface area (Å²) in [5, 5.41) is 2.70. The zero-order valence-corrected chi connectivity index (χ0v) is 16.5. The number of amides is 2. The van der Waals surface area contributed by atoms with Gasteiger partial charge >= 0.3 is 0 Å². The highest BCUT2D eigenvalue weighted by Gasteiger charge is 2.21. The van der Waals surface area contributed by atoms with Gasteiger partial charge < -0.3 is 20.0 Å². The molecular weight excluding hydrogens is 354 g/mol. The zero-order chi connectivity index (χ0) is 19.9. The lowest BCUT2D eigenvalue weighted by Crippen LogP contribution is -2.51. The number of rotatable bonds is 6. The van der Waals surface area contributed by atoms with Gasteiger partial charge in [0.2, 0.25) is 5.91 Å². The first-order valence-electron chi connectivity index (χ1n) is 9.48. The van der Waals surface area contributed by atoms with E-state index in [-0.39, 0.29) is 18.4 Å². The predicted molar refractivity (Wildman–Crippen MR) is 109 cm³/mol. The molecule has 7 heteroatoms. The second-order valence-electron chi connectivity index (χ2n) is 7.16. The van der Waals surface area contributed by atoms with Crippen LogP contribution in [-0.2, 0) is 11.3 Å². The van der Waals surface area contributed by atoms with Gasteiger partial charge in [0, 0.05) is 44.6 Å². The van der Waals surface area contributed by atoms with Crippen LogP contribution in [0.5, 0.6) is 0 Å². The largest absolute Gasteiger partial charge is 0.368 e. The van der Waals surface area contributed by atoms with E-state index in [2.05, 4.69) is 27.3 Å². The molecule has 0 radical (unpaired) electrons. The molecule has 0 unspecified atom stereocenters. The third kappa shape index (κ3) is 5.29. The van der Waals surface area contributed by atoms with Gasteiger partial charge in [0.1, 0.15) is 0 Å². The Balaban J connectivity index is 1.44. The van der Waals surface area contributed by atoms with Crippen LogP contribution < -0.4 is 10.2 Å². The van der Waals surface area contributed by atoms with Gasteiger partial charge in [0.25, 0.3) is 5.91 Å². The van der Waals surface area contributed by atoms with Crippen molar-refractivity contribution in [2.24, 2.45) is 0 Å². The van der Waals surface area contributed by atoms with E-state index in [1.807, 2.05) is 43.3 Å². The maximum absolute atomic E-state index is 12.4. The Hall–Kier alpha value is -2.93. The number of pyridine rings is 1. The molecule has 1 aromatic heterocycles. The van der Waals surface area contributed by atoms with Crippen molar-refractivity contribution >= 4 is 17.5 Å². The summed E-state index contributed by atoms with van der Waals surface area (Å²) in [6.45, 7) is 3.62. The van der Waals surface area contributed by atoms with Gasteiger partial charge in [-0.25, -0.2) is 0 Å². The highest BCUT2D eigenvalue weighted by atomic mass is 16.2. The van der Waals surface area contributed by atoms with Gasteiger partial charge in [0.15, 0.2) is 0 Å². The highest BCUT2D eigenvalue weighted by Crippen LogP contribution is 2.15. The standard InChI is InChI=1S/C21H27N5O2/c1-24(2)16-18-9-8-17(14-22-18)21(28)23-15-20(27)26-12-10-25(11-13-26)19-6-4-3-5-7-19/h3-9,14H,10-13,15-16H2,1-2H3,(H,23,28). The number of carbonyl (C=O) groups is 2. The Morgan fingerprint density at radius 2 is 1.75 bits per heavy atom. The first-order chi connectivity index (χ1) is 13.5. The minimum absolute atomic E-state index is 0.00359. The van der Waals surface area contributed by atoms with E-state index in [1.54, 1.807) is 17.2 Å². The number of piperazine rings is 1. The molecular formula is C21H27N5O2. The van der Waals surface area contributed by atoms with Crippen molar-refractivity contribution in [3.63, 3.8) is 0 Å². The fraction of sp³-hybridized carbons (Fsp3) is 0.381. The first kappa shape index (κ1) is 19.8. The number of nitrogens with one attached hydrogen (secondary N) is 1. The minimum atomic E-state index is -0.278. The van der Waals surface area contributed by atoms with Crippen LogP contribution in [0.4, 0.5) is 5.69 Å². The van der Waals surface area contributed by atoms with Crippen LogP contribution in [0.3, 0.4) is 0 Å². The summed E-state index contributed by atoms with van der Waals surface area (Å²) in [6, 6.07) is 13.8. The SMILES string of the molecule is CN(C)Cc1ccc(C(=O)NCC(=O)N2CCN(c3ccccc3)CC2)cn1. The number of hydrogen-bond acceptors (Lipinski definition) is 5. The molecule has 3 rings (SSSR count). The summed E-state index contributed by atoms with van der Waals surface area (Å²) in [6.07, 6.45) is 1.55. The Bertz CT molecular complexity index is 784. The van der Waals surface area contributed by atoms with Crippen molar-refractivity contribution in [1.29, 1.82) is 0 Å². The molecule has 2 aromatic rings. The molecule has 0 spiro atoms. The topological polar surface area (TPSA) is 68.8 Å². The van der Waals surface area contributed by atoms with Crippen LogP contribution in [0.15, 0.2) is 48.7 Å². The van der Waals surface area contributed by atoms with Gasteiger partial charge in [-0.3, -0.25) is 14.6 Å². The average molecular weight is 381 g/mol. The second kappa shape index (κ2) is 9.32. The molecule has 0 bridgehead atoms. The molecule has 2 amide bonds. The maximum atomic E-state index is 12.4. The molecule has 0 saturated carbocycles. The van der Waals surface area contributed by atoms with E-state index in [0.29, 0.717) is 18.7 Å². The molecule has 7 nitrogen and oxygen atoms in total. The molecule has 2 heterocycles. The van der Waals surface area contributed by atoms with E-state index >= 15 is 0 Å². The van der Waals surface area contributed by atoms with Gasteiger partial charge in [-0.1, -0.05) is 18.2 Å². The third-order valence-electron chi connectivity index (χ3n) is 4.72. The summed E-state index contributed by atoms with van der Waals surface area (Å²) < 4.78 is 0. The van der Waals surface area contributed by atoms with Gasteiger partial charge in [-0.15, -0.1) is 0 Å². The molecule has 0 atom stereocenters. The van der Waals surface area contributed by atoms with Crippen molar-refractivity contribution < 1.29 is 9.59 Å². The van der Waals surface area contributed by atoms with Crippen LogP contribution in [0.2, 0.25) is 0 Å². The van der Waals surface area contributed by atoms with Crippen molar-refractivity contribution in [3.8, 4) is 0 Å². The molecule has 1 aliphatic rings. The van der Waals surface area contributed by atoms with Gasteiger partial charge in [0.05, 0.1) is 17.8 Å². The normalized spacial score (nSPS) is 14.2. The Morgan fingerprint density at radius 1 is 1.04 bits per heavy atom.